The van der Waals surface area contributed by atoms with E-state index in [1.807, 2.05) is 0 Å². The first-order valence-corrected chi connectivity index (χ1v) is 5.38. The van der Waals surface area contributed by atoms with Gasteiger partial charge in [-0.15, -0.1) is 0 Å². The first-order valence-electron chi connectivity index (χ1n) is 5.01. The Bertz CT molecular complexity index is 387. The largest absolute Gasteiger partial charge is 0.386 e. The van der Waals surface area contributed by atoms with E-state index < -0.39 is 31.7 Å². The van der Waals surface area contributed by atoms with Crippen LogP contribution in [0.25, 0.3) is 0 Å². The molecule has 0 fully saturated rings. The summed E-state index contributed by atoms with van der Waals surface area (Å²) in [7, 11) is 0. The maximum atomic E-state index is 12.5. The normalized spacial score (nSPS) is 13.9. The number of aliphatic hydroxyl groups is 1. The summed E-state index contributed by atoms with van der Waals surface area (Å²) in [4.78, 5) is 0. The molecule has 0 saturated carbocycles. The van der Waals surface area contributed by atoms with Crippen LogP contribution in [0.4, 0.5) is 17.6 Å². The quantitative estimate of drug-likeness (QED) is 0.813. The Morgan fingerprint density at radius 3 is 2.44 bits per heavy atom. The highest BCUT2D eigenvalue weighted by Gasteiger charge is 2.41. The third-order valence-corrected chi connectivity index (χ3v) is 2.50. The van der Waals surface area contributed by atoms with Crippen molar-refractivity contribution in [2.24, 2.45) is 0 Å². The second-order valence-electron chi connectivity index (χ2n) is 3.61. The van der Waals surface area contributed by atoms with Crippen LogP contribution in [-0.4, -0.2) is 30.7 Å². The van der Waals surface area contributed by atoms with E-state index in [2.05, 4.69) is 4.74 Å². The van der Waals surface area contributed by atoms with Crippen molar-refractivity contribution in [2.45, 2.75) is 18.5 Å². The molecule has 7 heteroatoms. The molecule has 1 aromatic rings. The van der Waals surface area contributed by atoms with Gasteiger partial charge in [0.15, 0.2) is 0 Å². The van der Waals surface area contributed by atoms with Crippen LogP contribution in [0.1, 0.15) is 11.7 Å². The first kappa shape index (κ1) is 15.2. The van der Waals surface area contributed by atoms with Crippen molar-refractivity contribution in [3.8, 4) is 0 Å². The van der Waals surface area contributed by atoms with Crippen LogP contribution < -0.4 is 0 Å². The van der Waals surface area contributed by atoms with Crippen LogP contribution in [0.5, 0.6) is 0 Å². The highest BCUT2D eigenvalue weighted by molar-refractivity contribution is 6.31. The summed E-state index contributed by atoms with van der Waals surface area (Å²) in [6, 6.07) is 6.22. The number of aliphatic hydroxyl groups excluding tert-OH is 1. The number of ether oxygens (including phenoxy) is 1. The van der Waals surface area contributed by atoms with Crippen LogP contribution in [0, 0.1) is 0 Å². The summed E-state index contributed by atoms with van der Waals surface area (Å²) in [5, 5.41) is 9.84. The molecule has 18 heavy (non-hydrogen) atoms. The second kappa shape index (κ2) is 6.36. The average molecular weight is 287 g/mol. The summed E-state index contributed by atoms with van der Waals surface area (Å²) in [6.07, 6.45) is -5.04. The van der Waals surface area contributed by atoms with E-state index in [1.54, 1.807) is 12.1 Å². The fraction of sp³-hybridized carbons (Fsp3) is 0.455. The van der Waals surface area contributed by atoms with Gasteiger partial charge >= 0.3 is 12.3 Å². The van der Waals surface area contributed by atoms with Gasteiger partial charge in [-0.3, -0.25) is 0 Å². The van der Waals surface area contributed by atoms with Gasteiger partial charge in [0.05, 0.1) is 6.61 Å². The van der Waals surface area contributed by atoms with Crippen molar-refractivity contribution < 1.29 is 27.4 Å². The van der Waals surface area contributed by atoms with Gasteiger partial charge in [0.25, 0.3) is 0 Å². The van der Waals surface area contributed by atoms with Gasteiger partial charge in [0.2, 0.25) is 0 Å². The van der Waals surface area contributed by atoms with Gasteiger partial charge in [-0.05, 0) is 6.07 Å². The van der Waals surface area contributed by atoms with Crippen molar-refractivity contribution in [3.63, 3.8) is 0 Å². The summed E-state index contributed by atoms with van der Waals surface area (Å²) in [5.41, 5.74) is 0.291. The second-order valence-corrected chi connectivity index (χ2v) is 4.02. The van der Waals surface area contributed by atoms with Crippen LogP contribution in [0.15, 0.2) is 24.3 Å². The topological polar surface area (TPSA) is 29.5 Å². The lowest BCUT2D eigenvalue weighted by Crippen LogP contribution is -2.33. The molecule has 0 aliphatic rings. The fourth-order valence-corrected chi connectivity index (χ4v) is 1.47. The molecule has 0 spiro atoms. The molecule has 1 unspecified atom stereocenters. The minimum Gasteiger partial charge on any atom is -0.386 e. The smallest absolute Gasteiger partial charge is 0.330 e. The van der Waals surface area contributed by atoms with E-state index in [0.29, 0.717) is 5.56 Å². The monoisotopic (exact) mass is 286 g/mol. The van der Waals surface area contributed by atoms with E-state index in [4.69, 9.17) is 11.6 Å². The van der Waals surface area contributed by atoms with E-state index >= 15 is 0 Å². The van der Waals surface area contributed by atoms with Gasteiger partial charge in [0.1, 0.15) is 12.7 Å². The molecule has 0 aromatic heterocycles. The fourth-order valence-electron chi connectivity index (χ4n) is 1.20. The molecule has 1 aromatic carbocycles. The van der Waals surface area contributed by atoms with Crippen LogP contribution in [0.2, 0.25) is 5.02 Å². The van der Waals surface area contributed by atoms with Crippen molar-refractivity contribution in [1.29, 1.82) is 0 Å². The summed E-state index contributed by atoms with van der Waals surface area (Å²) in [5.74, 6) is -4.22. The number of halogens is 5. The predicted octanol–water partition coefficient (Wildman–Crippen LogP) is 3.29. The molecular weight excluding hydrogens is 276 g/mol. The standard InChI is InChI=1S/C11H11ClF4O2/c12-8-4-2-1-3-7(8)9(17)5-18-6-11(15,16)10(13)14/h1-4,9-10,17H,5-6H2. The number of alkyl halides is 4. The van der Waals surface area contributed by atoms with Crippen molar-refractivity contribution in [2.75, 3.05) is 13.2 Å². The third kappa shape index (κ3) is 4.12. The molecule has 0 heterocycles. The molecule has 2 nitrogen and oxygen atoms in total. The Kier molecular flexibility index (Phi) is 5.37. The van der Waals surface area contributed by atoms with Crippen LogP contribution in [-0.2, 0) is 4.74 Å². The Hall–Kier alpha value is -0.850. The number of hydrogen-bond acceptors (Lipinski definition) is 2. The van der Waals surface area contributed by atoms with Crippen molar-refractivity contribution >= 4 is 11.6 Å². The van der Waals surface area contributed by atoms with E-state index in [1.165, 1.54) is 12.1 Å². The minimum atomic E-state index is -4.22. The number of benzene rings is 1. The Balaban J connectivity index is 2.48. The molecular formula is C11H11ClF4O2. The molecule has 0 aliphatic carbocycles. The lowest BCUT2D eigenvalue weighted by atomic mass is 10.1. The number of hydrogen-bond donors (Lipinski definition) is 1. The lowest BCUT2D eigenvalue weighted by Gasteiger charge is -2.17. The van der Waals surface area contributed by atoms with Gasteiger partial charge in [-0.2, -0.15) is 8.78 Å². The van der Waals surface area contributed by atoms with Crippen molar-refractivity contribution in [3.05, 3.63) is 34.9 Å². The van der Waals surface area contributed by atoms with Gasteiger partial charge in [-0.1, -0.05) is 29.8 Å². The van der Waals surface area contributed by atoms with E-state index in [0.717, 1.165) is 0 Å². The Morgan fingerprint density at radius 1 is 1.28 bits per heavy atom. The predicted molar refractivity (Wildman–Crippen MR) is 58.2 cm³/mol. The highest BCUT2D eigenvalue weighted by Crippen LogP contribution is 2.25. The summed E-state index contributed by atoms with van der Waals surface area (Å²) in [6.45, 7) is -1.99. The Labute approximate surface area is 106 Å². The highest BCUT2D eigenvalue weighted by atomic mass is 35.5. The van der Waals surface area contributed by atoms with E-state index in [-0.39, 0.29) is 5.02 Å². The Morgan fingerprint density at radius 2 is 1.89 bits per heavy atom. The molecule has 0 radical (unpaired) electrons. The third-order valence-electron chi connectivity index (χ3n) is 2.15. The van der Waals surface area contributed by atoms with Crippen molar-refractivity contribution in [1.82, 2.24) is 0 Å². The minimum absolute atomic E-state index is 0.245. The summed E-state index contributed by atoms with van der Waals surface area (Å²) < 4.78 is 53.0. The zero-order chi connectivity index (χ0) is 13.8. The molecule has 1 rings (SSSR count). The van der Waals surface area contributed by atoms with Gasteiger partial charge in [-0.25, -0.2) is 8.78 Å². The lowest BCUT2D eigenvalue weighted by molar-refractivity contribution is -0.170. The molecule has 0 bridgehead atoms. The summed E-state index contributed by atoms with van der Waals surface area (Å²) >= 11 is 5.75. The molecule has 1 atom stereocenters. The molecule has 1 N–H and O–H groups in total. The van der Waals surface area contributed by atoms with Gasteiger partial charge < -0.3 is 9.84 Å². The molecule has 0 aliphatic heterocycles. The zero-order valence-electron chi connectivity index (χ0n) is 9.12. The SMILES string of the molecule is OC(COCC(F)(F)C(F)F)c1ccccc1Cl. The first-order chi connectivity index (χ1) is 8.34. The molecule has 102 valence electrons. The number of rotatable bonds is 6. The zero-order valence-corrected chi connectivity index (χ0v) is 9.88. The van der Waals surface area contributed by atoms with Crippen LogP contribution in [0.3, 0.4) is 0 Å². The maximum Gasteiger partial charge on any atom is 0.330 e. The molecule has 0 amide bonds. The van der Waals surface area contributed by atoms with Crippen LogP contribution >= 0.6 is 11.6 Å². The molecule has 0 saturated heterocycles. The average Bonchev–Trinajstić information content (AvgIpc) is 2.29. The van der Waals surface area contributed by atoms with Gasteiger partial charge in [0, 0.05) is 10.6 Å². The maximum absolute atomic E-state index is 12.5. The van der Waals surface area contributed by atoms with E-state index in [9.17, 15) is 22.7 Å².